The Kier molecular flexibility index (Phi) is 60.5. The van der Waals surface area contributed by atoms with Gasteiger partial charge >= 0.3 is 33.6 Å². The second-order valence-corrected chi connectivity index (χ2v) is 25.5. The van der Waals surface area contributed by atoms with E-state index in [9.17, 15) is 43.5 Å². The second kappa shape index (κ2) is 62.9. The fourth-order valence-electron chi connectivity index (χ4n) is 8.85. The average molecular weight is 1270 g/mol. The number of rotatable bonds is 64. The first kappa shape index (κ1) is 83.7. The predicted octanol–water partition coefficient (Wildman–Crippen LogP) is 18.5. The summed E-state index contributed by atoms with van der Waals surface area (Å²) >= 11 is 0. The second-order valence-electron chi connectivity index (χ2n) is 22.6. The third-order valence-electron chi connectivity index (χ3n) is 14.1. The summed E-state index contributed by atoms with van der Waals surface area (Å²) < 4.78 is 60.8. The van der Waals surface area contributed by atoms with Crippen LogP contribution in [-0.4, -0.2) is 95.9 Å². The number of unbranched alkanes of at least 4 members (excludes halogenated alkanes) is 27. The molecule has 0 radical (unpaired) electrons. The van der Waals surface area contributed by atoms with Gasteiger partial charge in [0.15, 0.2) is 6.10 Å². The molecule has 5 atom stereocenters. The lowest BCUT2D eigenvalue weighted by atomic mass is 10.1. The summed E-state index contributed by atoms with van der Waals surface area (Å²) in [4.78, 5) is 58.3. The van der Waals surface area contributed by atoms with Gasteiger partial charge in [0.25, 0.3) is 0 Å². The van der Waals surface area contributed by atoms with Crippen LogP contribution < -0.4 is 0 Å². The van der Waals surface area contributed by atoms with Gasteiger partial charge in [-0.1, -0.05) is 241 Å². The molecule has 504 valence electrons. The highest BCUT2D eigenvalue weighted by molar-refractivity contribution is 7.47. The van der Waals surface area contributed by atoms with Crippen molar-refractivity contribution in [2.75, 3.05) is 39.6 Å². The van der Waals surface area contributed by atoms with Gasteiger partial charge in [0, 0.05) is 19.3 Å². The topological polar surface area (TPSA) is 231 Å². The molecule has 18 heteroatoms. The van der Waals surface area contributed by atoms with Crippen LogP contribution in [0.5, 0.6) is 0 Å². The Labute approximate surface area is 527 Å². The molecule has 0 spiro atoms. The lowest BCUT2D eigenvalue weighted by Crippen LogP contribution is -2.30. The van der Waals surface area contributed by atoms with Gasteiger partial charge < -0.3 is 34.2 Å². The van der Waals surface area contributed by atoms with Crippen LogP contribution in [0.4, 0.5) is 0 Å². The van der Waals surface area contributed by atoms with Gasteiger partial charge in [0.2, 0.25) is 0 Å². The molecule has 0 aliphatic rings. The summed E-state index contributed by atoms with van der Waals surface area (Å²) in [6, 6.07) is 0. The first-order chi connectivity index (χ1) is 42.2. The molecule has 0 aliphatic carbocycles. The highest BCUT2D eigenvalue weighted by Crippen LogP contribution is 2.45. The van der Waals surface area contributed by atoms with E-state index < -0.39 is 91.5 Å². The van der Waals surface area contributed by atoms with Gasteiger partial charge in [-0.05, 0) is 103 Å². The van der Waals surface area contributed by atoms with Crippen molar-refractivity contribution in [1.82, 2.24) is 0 Å². The molecule has 0 saturated carbocycles. The molecule has 5 unspecified atom stereocenters. The zero-order valence-electron chi connectivity index (χ0n) is 54.4. The summed E-state index contributed by atoms with van der Waals surface area (Å²) in [5, 5.41) is 20.5. The molecule has 0 fully saturated rings. The standard InChI is InChI=1S/C69H122O16P2/c1-4-7-10-13-16-19-22-24-26-28-30-31-33-35-36-38-41-43-46-49-52-55-67(72)79-58-64(70)59-81-86(75,76)82-60-65(71)61-83-87(77,78)84-63-66(85-69(74)57-54-51-48-45-40-21-18-15-12-9-6-3)62-80-68(73)56-53-50-47-44-42-39-37-34-32-29-27-25-23-20-17-14-11-8-5-2/h16-17,19-20,24-27,30-32,34-36,64-66,70-71H,4-15,18,21-23,28-29,33,37-63H2,1-3H3,(H,75,76)(H,77,78)/b19-16-,20-17-,26-24-,27-25-,31-30-,34-32-,36-35-. The quantitative estimate of drug-likeness (QED) is 0.0146. The minimum Gasteiger partial charge on any atom is -0.463 e. The zero-order valence-corrected chi connectivity index (χ0v) is 56.2. The smallest absolute Gasteiger partial charge is 0.463 e. The number of allylic oxidation sites excluding steroid dienone is 14. The van der Waals surface area contributed by atoms with Crippen molar-refractivity contribution in [2.24, 2.45) is 0 Å². The number of aliphatic hydroxyl groups is 2. The average Bonchev–Trinajstić information content (AvgIpc) is 3.57. The van der Waals surface area contributed by atoms with Crippen molar-refractivity contribution in [3.8, 4) is 0 Å². The van der Waals surface area contributed by atoms with E-state index in [0.717, 1.165) is 135 Å². The maximum absolute atomic E-state index is 12.9. The monoisotopic (exact) mass is 1270 g/mol. The Morgan fingerprint density at radius 1 is 0.322 bits per heavy atom. The van der Waals surface area contributed by atoms with Gasteiger partial charge in [-0.3, -0.25) is 32.5 Å². The van der Waals surface area contributed by atoms with Crippen LogP contribution in [0.25, 0.3) is 0 Å². The number of phosphoric acid groups is 2. The molecule has 0 heterocycles. The van der Waals surface area contributed by atoms with Crippen molar-refractivity contribution in [3.05, 3.63) is 85.1 Å². The maximum atomic E-state index is 12.9. The van der Waals surface area contributed by atoms with Gasteiger partial charge in [-0.25, -0.2) is 9.13 Å². The van der Waals surface area contributed by atoms with Crippen LogP contribution in [0, 0.1) is 0 Å². The summed E-state index contributed by atoms with van der Waals surface area (Å²) in [7, 11) is -9.77. The number of phosphoric ester groups is 2. The summed E-state index contributed by atoms with van der Waals surface area (Å²) in [6.07, 6.45) is 66.3. The highest BCUT2D eigenvalue weighted by Gasteiger charge is 2.29. The first-order valence-corrected chi connectivity index (χ1v) is 36.9. The number of esters is 3. The number of ether oxygens (including phenoxy) is 3. The molecule has 0 rings (SSSR count). The molecular formula is C69H122O16P2. The molecule has 16 nitrogen and oxygen atoms in total. The Morgan fingerprint density at radius 2 is 0.575 bits per heavy atom. The molecular weight excluding hydrogens is 1150 g/mol. The molecule has 0 saturated heterocycles. The molecule has 0 aromatic heterocycles. The van der Waals surface area contributed by atoms with Crippen LogP contribution >= 0.6 is 15.6 Å². The third kappa shape index (κ3) is 64.1. The fraction of sp³-hybridized carbons (Fsp3) is 0.754. The molecule has 0 amide bonds. The highest BCUT2D eigenvalue weighted by atomic mass is 31.2. The Morgan fingerprint density at radius 3 is 0.931 bits per heavy atom. The summed E-state index contributed by atoms with van der Waals surface area (Å²) in [5.74, 6) is -1.60. The molecule has 87 heavy (non-hydrogen) atoms. The summed E-state index contributed by atoms with van der Waals surface area (Å²) in [6.45, 7) is 2.57. The molecule has 4 N–H and O–H groups in total. The van der Waals surface area contributed by atoms with Crippen LogP contribution in [0.2, 0.25) is 0 Å². The van der Waals surface area contributed by atoms with Crippen molar-refractivity contribution in [1.29, 1.82) is 0 Å². The normalized spacial score (nSPS) is 14.8. The molecule has 0 aromatic rings. The van der Waals surface area contributed by atoms with Crippen molar-refractivity contribution >= 4 is 33.6 Å². The van der Waals surface area contributed by atoms with Gasteiger partial charge in [-0.15, -0.1) is 0 Å². The van der Waals surface area contributed by atoms with Crippen LogP contribution in [-0.2, 0) is 55.8 Å². The van der Waals surface area contributed by atoms with E-state index in [1.807, 2.05) is 0 Å². The van der Waals surface area contributed by atoms with E-state index in [4.69, 9.17) is 32.3 Å². The van der Waals surface area contributed by atoms with E-state index in [-0.39, 0.29) is 19.3 Å². The summed E-state index contributed by atoms with van der Waals surface area (Å²) in [5.41, 5.74) is 0. The molecule has 0 aliphatic heterocycles. The van der Waals surface area contributed by atoms with E-state index in [1.165, 1.54) is 83.5 Å². The zero-order chi connectivity index (χ0) is 63.8. The van der Waals surface area contributed by atoms with E-state index in [2.05, 4.69) is 106 Å². The van der Waals surface area contributed by atoms with E-state index in [0.29, 0.717) is 19.3 Å². The maximum Gasteiger partial charge on any atom is 0.472 e. The van der Waals surface area contributed by atoms with Crippen molar-refractivity contribution in [2.45, 2.75) is 296 Å². The van der Waals surface area contributed by atoms with Crippen LogP contribution in [0.15, 0.2) is 85.1 Å². The lowest BCUT2D eigenvalue weighted by Gasteiger charge is -2.21. The van der Waals surface area contributed by atoms with Gasteiger partial charge in [-0.2, -0.15) is 0 Å². The Balaban J connectivity index is 4.61. The fourth-order valence-corrected chi connectivity index (χ4v) is 10.4. The van der Waals surface area contributed by atoms with Crippen molar-refractivity contribution < 1.29 is 75.8 Å². The van der Waals surface area contributed by atoms with Crippen LogP contribution in [0.3, 0.4) is 0 Å². The molecule has 0 bridgehead atoms. The van der Waals surface area contributed by atoms with E-state index in [1.54, 1.807) is 0 Å². The molecule has 0 aromatic carbocycles. The minimum absolute atomic E-state index is 0.104. The van der Waals surface area contributed by atoms with E-state index >= 15 is 0 Å². The number of aliphatic hydroxyl groups excluding tert-OH is 2. The van der Waals surface area contributed by atoms with Gasteiger partial charge in [0.05, 0.1) is 26.4 Å². The number of hydrogen-bond donors (Lipinski definition) is 4. The van der Waals surface area contributed by atoms with Crippen molar-refractivity contribution in [3.63, 3.8) is 0 Å². The first-order valence-electron chi connectivity index (χ1n) is 33.9. The number of carbonyl (C=O) groups is 3. The minimum atomic E-state index is -4.92. The Bertz CT molecular complexity index is 1930. The largest absolute Gasteiger partial charge is 0.472 e. The lowest BCUT2D eigenvalue weighted by molar-refractivity contribution is -0.161. The van der Waals surface area contributed by atoms with Crippen LogP contribution in [0.1, 0.15) is 278 Å². The predicted molar refractivity (Wildman–Crippen MR) is 353 cm³/mol. The number of hydrogen-bond acceptors (Lipinski definition) is 14. The third-order valence-corrected chi connectivity index (χ3v) is 16.0. The number of carbonyl (C=O) groups excluding carboxylic acids is 3. The SMILES string of the molecule is CCCCC/C=C\C/C=C\C/C=C\C/C=C\CCCCCCCC(=O)OCC(O)COP(=O)(O)OCC(O)COP(=O)(O)OCC(COC(=O)CCCCCCCC/C=C\C/C=C\C/C=C\CCCCC)OC(=O)CCCCCCCCCCCCC. The van der Waals surface area contributed by atoms with Gasteiger partial charge in [0.1, 0.15) is 25.4 Å². The Hall–Kier alpha value is -3.27.